The normalized spacial score (nSPS) is 11.1. The molecule has 1 atom stereocenters. The Balaban J connectivity index is 0.00000364. The predicted octanol–water partition coefficient (Wildman–Crippen LogP) is -0.317. The summed E-state index contributed by atoms with van der Waals surface area (Å²) in [7, 11) is 6.14. The molecular weight excluding hydrogens is 383 g/mol. The Hall–Kier alpha value is -1.45. The molecule has 0 aliphatic carbocycles. The molecule has 27 heavy (non-hydrogen) atoms. The van der Waals surface area contributed by atoms with Crippen molar-refractivity contribution in [2.75, 3.05) is 28.4 Å². The van der Waals surface area contributed by atoms with Gasteiger partial charge in [0.25, 0.3) is 0 Å². The first-order chi connectivity index (χ1) is 12.5. The van der Waals surface area contributed by atoms with E-state index in [1.807, 2.05) is 18.2 Å². The smallest absolute Gasteiger partial charge is 0.740 e. The van der Waals surface area contributed by atoms with Gasteiger partial charge in [-0.05, 0) is 48.2 Å². The minimum atomic E-state index is -2.67. The standard InChI is InChI=1S/C18H22O7S.Na/c1-21-14-8-7-12(9-15(14)25-26(19)20)5-6-13-10-16(22-2)18(24-4)17(11-13)23-3;/h7-11H,5-6H2,1-4H3,(H,19,20);/q;+1/p-1. The predicted molar refractivity (Wildman–Crippen MR) is 96.0 cm³/mol. The van der Waals surface area contributed by atoms with E-state index < -0.39 is 11.4 Å². The number of rotatable bonds is 9. The first-order valence-electron chi connectivity index (χ1n) is 7.75. The van der Waals surface area contributed by atoms with E-state index in [-0.39, 0.29) is 35.3 Å². The Bertz CT molecular complexity index is 757. The minimum Gasteiger partial charge on any atom is -0.740 e. The third-order valence-corrected chi connectivity index (χ3v) is 4.13. The Labute approximate surface area is 183 Å². The molecule has 0 aliphatic rings. The molecule has 0 aromatic heterocycles. The van der Waals surface area contributed by atoms with E-state index >= 15 is 0 Å². The average molecular weight is 404 g/mol. The van der Waals surface area contributed by atoms with Crippen LogP contribution in [0.25, 0.3) is 0 Å². The van der Waals surface area contributed by atoms with Gasteiger partial charge in [0.1, 0.15) is 11.4 Å². The van der Waals surface area contributed by atoms with Gasteiger partial charge in [-0.1, -0.05) is 6.07 Å². The van der Waals surface area contributed by atoms with E-state index in [4.69, 9.17) is 23.1 Å². The van der Waals surface area contributed by atoms with E-state index in [1.165, 1.54) is 7.11 Å². The fourth-order valence-corrected chi connectivity index (χ4v) is 2.86. The molecular formula is C18H21NaO7S. The second-order valence-electron chi connectivity index (χ2n) is 5.31. The van der Waals surface area contributed by atoms with Crippen molar-refractivity contribution >= 4 is 11.4 Å². The van der Waals surface area contributed by atoms with Crippen LogP contribution in [-0.4, -0.2) is 37.2 Å². The molecule has 0 N–H and O–H groups in total. The summed E-state index contributed by atoms with van der Waals surface area (Å²) in [5.41, 5.74) is 1.89. The molecule has 0 amide bonds. The summed E-state index contributed by atoms with van der Waals surface area (Å²) in [6, 6.07) is 8.95. The molecule has 1 unspecified atom stereocenters. The molecule has 2 aromatic carbocycles. The van der Waals surface area contributed by atoms with Crippen LogP contribution in [0, 0.1) is 0 Å². The zero-order valence-corrected chi connectivity index (χ0v) is 18.9. The van der Waals surface area contributed by atoms with Crippen molar-refractivity contribution < 1.29 is 61.4 Å². The van der Waals surface area contributed by atoms with Crippen LogP contribution in [0.2, 0.25) is 0 Å². The average Bonchev–Trinajstić information content (AvgIpc) is 2.65. The van der Waals surface area contributed by atoms with Crippen LogP contribution in [0.15, 0.2) is 30.3 Å². The first-order valence-corrected chi connectivity index (χ1v) is 8.75. The Morgan fingerprint density at radius 2 is 1.30 bits per heavy atom. The SMILES string of the molecule is COc1ccc(CCc2cc(OC)c(OC)c(OC)c2)cc1OS(=O)[O-].[Na+]. The molecule has 142 valence electrons. The van der Waals surface area contributed by atoms with Crippen LogP contribution in [0.1, 0.15) is 11.1 Å². The van der Waals surface area contributed by atoms with Crippen molar-refractivity contribution in [1.82, 2.24) is 0 Å². The number of benzene rings is 2. The molecule has 2 rings (SSSR count). The van der Waals surface area contributed by atoms with Crippen molar-refractivity contribution in [3.05, 3.63) is 41.5 Å². The van der Waals surface area contributed by atoms with Crippen LogP contribution in [-0.2, 0) is 24.2 Å². The third-order valence-electron chi connectivity index (χ3n) is 3.81. The number of methoxy groups -OCH3 is 4. The van der Waals surface area contributed by atoms with Gasteiger partial charge in [-0.2, -0.15) is 0 Å². The Morgan fingerprint density at radius 1 is 0.778 bits per heavy atom. The number of aryl methyl sites for hydroxylation is 2. The minimum absolute atomic E-state index is 0. The molecule has 0 radical (unpaired) electrons. The summed E-state index contributed by atoms with van der Waals surface area (Å²) in [5.74, 6) is 2.22. The molecule has 0 spiro atoms. The Kier molecular flexibility index (Phi) is 9.97. The summed E-state index contributed by atoms with van der Waals surface area (Å²) in [4.78, 5) is 0. The third kappa shape index (κ3) is 6.29. The number of hydrogen-bond donors (Lipinski definition) is 0. The summed E-state index contributed by atoms with van der Waals surface area (Å²) >= 11 is -2.67. The zero-order valence-electron chi connectivity index (χ0n) is 16.1. The molecule has 0 saturated carbocycles. The van der Waals surface area contributed by atoms with Gasteiger partial charge >= 0.3 is 29.6 Å². The van der Waals surface area contributed by atoms with Crippen LogP contribution >= 0.6 is 0 Å². The van der Waals surface area contributed by atoms with Crippen LogP contribution in [0.5, 0.6) is 28.7 Å². The molecule has 9 heteroatoms. The largest absolute Gasteiger partial charge is 1.00 e. The van der Waals surface area contributed by atoms with Gasteiger partial charge in [0.05, 0.1) is 28.4 Å². The topological polar surface area (TPSA) is 86.3 Å². The van der Waals surface area contributed by atoms with Gasteiger partial charge in [0.2, 0.25) is 5.75 Å². The van der Waals surface area contributed by atoms with Crippen molar-refractivity contribution in [3.63, 3.8) is 0 Å². The van der Waals surface area contributed by atoms with Gasteiger partial charge in [0, 0.05) is 0 Å². The van der Waals surface area contributed by atoms with Crippen molar-refractivity contribution in [3.8, 4) is 28.7 Å². The summed E-state index contributed by atoms with van der Waals surface area (Å²) in [5, 5.41) is 0. The van der Waals surface area contributed by atoms with E-state index in [1.54, 1.807) is 33.5 Å². The molecule has 0 heterocycles. The van der Waals surface area contributed by atoms with Crippen LogP contribution < -0.4 is 52.7 Å². The molecule has 0 bridgehead atoms. The quantitative estimate of drug-likeness (QED) is 0.418. The van der Waals surface area contributed by atoms with Gasteiger partial charge in [-0.15, -0.1) is 0 Å². The summed E-state index contributed by atoms with van der Waals surface area (Å²) in [6.45, 7) is 0. The van der Waals surface area contributed by atoms with E-state index in [9.17, 15) is 8.76 Å². The molecule has 0 fully saturated rings. The van der Waals surface area contributed by atoms with Gasteiger partial charge in [-0.25, -0.2) is 4.21 Å². The maximum absolute atomic E-state index is 10.8. The van der Waals surface area contributed by atoms with Crippen LogP contribution in [0.4, 0.5) is 0 Å². The van der Waals surface area contributed by atoms with E-state index in [2.05, 4.69) is 0 Å². The van der Waals surface area contributed by atoms with Gasteiger partial charge in [-0.3, -0.25) is 0 Å². The maximum Gasteiger partial charge on any atom is 1.00 e. The fraction of sp³-hybridized carbons (Fsp3) is 0.333. The summed E-state index contributed by atoms with van der Waals surface area (Å²) in [6.07, 6.45) is 1.34. The maximum atomic E-state index is 10.8. The zero-order chi connectivity index (χ0) is 19.1. The van der Waals surface area contributed by atoms with Crippen LogP contribution in [0.3, 0.4) is 0 Å². The van der Waals surface area contributed by atoms with Crippen molar-refractivity contribution in [2.45, 2.75) is 12.8 Å². The molecule has 7 nitrogen and oxygen atoms in total. The van der Waals surface area contributed by atoms with E-state index in [0.29, 0.717) is 35.8 Å². The van der Waals surface area contributed by atoms with Gasteiger partial charge < -0.3 is 27.7 Å². The number of ether oxygens (including phenoxy) is 4. The Morgan fingerprint density at radius 3 is 1.78 bits per heavy atom. The first kappa shape index (κ1) is 23.6. The molecule has 0 saturated heterocycles. The van der Waals surface area contributed by atoms with Crippen molar-refractivity contribution in [2.24, 2.45) is 0 Å². The molecule has 2 aromatic rings. The number of hydrogen-bond acceptors (Lipinski definition) is 7. The van der Waals surface area contributed by atoms with Gasteiger partial charge in [0.15, 0.2) is 23.0 Å². The fourth-order valence-electron chi connectivity index (χ4n) is 2.58. The van der Waals surface area contributed by atoms with Crippen molar-refractivity contribution in [1.29, 1.82) is 0 Å². The summed E-state index contributed by atoms with van der Waals surface area (Å²) < 4.78 is 47.5. The molecule has 0 aliphatic heterocycles. The monoisotopic (exact) mass is 404 g/mol. The second-order valence-corrected chi connectivity index (χ2v) is 5.88. The second kappa shape index (κ2) is 11.4. The van der Waals surface area contributed by atoms with E-state index in [0.717, 1.165) is 11.1 Å².